The van der Waals surface area contributed by atoms with Gasteiger partial charge in [0.2, 0.25) is 0 Å². The maximum Gasteiger partial charge on any atom is 0.460 e. The fourth-order valence-corrected chi connectivity index (χ4v) is 1.52. The van der Waals surface area contributed by atoms with Crippen LogP contribution in [0.4, 0.5) is 13.2 Å². The van der Waals surface area contributed by atoms with Crippen LogP contribution in [0.3, 0.4) is 0 Å². The fourth-order valence-electron chi connectivity index (χ4n) is 1.52. The van der Waals surface area contributed by atoms with Crippen molar-refractivity contribution in [1.29, 1.82) is 0 Å². The maximum absolute atomic E-state index is 13.0. The van der Waals surface area contributed by atoms with Crippen LogP contribution in [0, 0.1) is 10.1 Å². The molecule has 0 heterocycles. The van der Waals surface area contributed by atoms with Crippen LogP contribution in [-0.2, 0) is 19.1 Å². The molecule has 0 amide bonds. The predicted octanol–water partition coefficient (Wildman–Crippen LogP) is 1.47. The summed E-state index contributed by atoms with van der Waals surface area (Å²) in [5, 5.41) is 10.9. The summed E-state index contributed by atoms with van der Waals surface area (Å²) in [6, 6.07) is 0. The van der Waals surface area contributed by atoms with Gasteiger partial charge in [0.1, 0.15) is 0 Å². The molecule has 0 aliphatic carbocycles. The summed E-state index contributed by atoms with van der Waals surface area (Å²) in [5.74, 6) is -2.00. The van der Waals surface area contributed by atoms with E-state index in [2.05, 4.69) is 9.47 Å². The summed E-state index contributed by atoms with van der Waals surface area (Å²) < 4.78 is 47.3. The molecule has 0 rings (SSSR count). The zero-order chi connectivity index (χ0) is 16.0. The number of alkyl halides is 3. The second-order valence-electron chi connectivity index (χ2n) is 3.94. The summed E-state index contributed by atoms with van der Waals surface area (Å²) >= 11 is 0. The van der Waals surface area contributed by atoms with Gasteiger partial charge in [-0.1, -0.05) is 0 Å². The summed E-state index contributed by atoms with van der Waals surface area (Å²) in [7, 11) is 1.91. The Morgan fingerprint density at radius 1 is 1.05 bits per heavy atom. The van der Waals surface area contributed by atoms with E-state index in [1.807, 2.05) is 0 Å². The standard InChI is InChI=1S/C10H14F3NO6/c1-19-7(15)3-5-9(14(17)18,10(11,12)13)6-4-8(16)20-2/h3-6H2,1-2H3. The minimum Gasteiger partial charge on any atom is -0.469 e. The zero-order valence-corrected chi connectivity index (χ0v) is 10.9. The van der Waals surface area contributed by atoms with Gasteiger partial charge in [0, 0.05) is 17.8 Å². The van der Waals surface area contributed by atoms with E-state index in [9.17, 15) is 32.9 Å². The van der Waals surface area contributed by atoms with Crippen molar-refractivity contribution >= 4 is 11.9 Å². The summed E-state index contributed by atoms with van der Waals surface area (Å²) in [5.41, 5.74) is -3.38. The number of hydrogen-bond donors (Lipinski definition) is 0. The molecular weight excluding hydrogens is 287 g/mol. The van der Waals surface area contributed by atoms with Crippen LogP contribution < -0.4 is 0 Å². The molecule has 7 nitrogen and oxygen atoms in total. The third kappa shape index (κ3) is 4.35. The van der Waals surface area contributed by atoms with Gasteiger partial charge in [0.15, 0.2) is 0 Å². The topological polar surface area (TPSA) is 95.7 Å². The van der Waals surface area contributed by atoms with E-state index in [-0.39, 0.29) is 0 Å². The number of carbonyl (C=O) groups is 2. The number of rotatable bonds is 7. The molecule has 0 aliphatic rings. The number of ether oxygens (including phenoxy) is 2. The lowest BCUT2D eigenvalue weighted by Crippen LogP contribution is -2.52. The van der Waals surface area contributed by atoms with E-state index in [1.165, 1.54) is 0 Å². The lowest BCUT2D eigenvalue weighted by molar-refractivity contribution is -0.615. The van der Waals surface area contributed by atoms with Crippen LogP contribution in [0.2, 0.25) is 0 Å². The molecule has 0 aromatic rings. The van der Waals surface area contributed by atoms with E-state index in [0.717, 1.165) is 14.2 Å². The van der Waals surface area contributed by atoms with Crippen molar-refractivity contribution in [2.24, 2.45) is 0 Å². The second-order valence-corrected chi connectivity index (χ2v) is 3.94. The molecule has 116 valence electrons. The zero-order valence-electron chi connectivity index (χ0n) is 10.9. The van der Waals surface area contributed by atoms with Gasteiger partial charge in [-0.25, -0.2) is 0 Å². The Bertz CT molecular complexity index is 362. The molecule has 10 heteroatoms. The van der Waals surface area contributed by atoms with E-state index >= 15 is 0 Å². The largest absolute Gasteiger partial charge is 0.469 e. The number of methoxy groups -OCH3 is 2. The van der Waals surface area contributed by atoms with Gasteiger partial charge in [-0.3, -0.25) is 19.7 Å². The summed E-state index contributed by atoms with van der Waals surface area (Å²) in [6.07, 6.45) is -8.98. The van der Waals surface area contributed by atoms with Crippen molar-refractivity contribution in [2.75, 3.05) is 14.2 Å². The first-order chi connectivity index (χ1) is 9.10. The highest BCUT2D eigenvalue weighted by atomic mass is 19.4. The van der Waals surface area contributed by atoms with Crippen LogP contribution in [0.1, 0.15) is 25.7 Å². The SMILES string of the molecule is COC(=O)CCC(CCC(=O)OC)([N+](=O)[O-])C(F)(F)F. The monoisotopic (exact) mass is 301 g/mol. The quantitative estimate of drug-likeness (QED) is 0.401. The minimum atomic E-state index is -5.21. The molecular formula is C10H14F3NO6. The third-order valence-corrected chi connectivity index (χ3v) is 2.82. The number of nitro groups is 1. The Labute approximate surface area is 112 Å². The van der Waals surface area contributed by atoms with Gasteiger partial charge in [-0.05, 0) is 0 Å². The van der Waals surface area contributed by atoms with Gasteiger partial charge in [0.05, 0.1) is 27.1 Å². The van der Waals surface area contributed by atoms with Gasteiger partial charge >= 0.3 is 23.7 Å². The van der Waals surface area contributed by atoms with Crippen molar-refractivity contribution in [3.63, 3.8) is 0 Å². The molecule has 0 saturated carbocycles. The van der Waals surface area contributed by atoms with E-state index in [4.69, 9.17) is 0 Å². The van der Waals surface area contributed by atoms with Crippen LogP contribution in [0.15, 0.2) is 0 Å². The molecule has 0 spiro atoms. The molecule has 0 radical (unpaired) electrons. The Morgan fingerprint density at radius 3 is 1.60 bits per heavy atom. The van der Waals surface area contributed by atoms with Crippen molar-refractivity contribution in [3.05, 3.63) is 10.1 Å². The van der Waals surface area contributed by atoms with E-state index in [0.29, 0.717) is 0 Å². The van der Waals surface area contributed by atoms with Crippen molar-refractivity contribution < 1.29 is 37.2 Å². The Kier molecular flexibility index (Phi) is 6.40. The highest BCUT2D eigenvalue weighted by Gasteiger charge is 2.65. The van der Waals surface area contributed by atoms with Gasteiger partial charge < -0.3 is 9.47 Å². The lowest BCUT2D eigenvalue weighted by atomic mass is 9.88. The molecule has 0 fully saturated rings. The molecule has 0 unspecified atom stereocenters. The Morgan fingerprint density at radius 2 is 1.40 bits per heavy atom. The average molecular weight is 301 g/mol. The maximum atomic E-state index is 13.0. The molecule has 0 atom stereocenters. The number of esters is 2. The molecule has 20 heavy (non-hydrogen) atoms. The smallest absolute Gasteiger partial charge is 0.460 e. The average Bonchev–Trinajstić information content (AvgIpc) is 2.36. The molecule has 0 aliphatic heterocycles. The van der Waals surface area contributed by atoms with Crippen LogP contribution in [0.25, 0.3) is 0 Å². The van der Waals surface area contributed by atoms with Crippen LogP contribution >= 0.6 is 0 Å². The van der Waals surface area contributed by atoms with Gasteiger partial charge in [-0.2, -0.15) is 13.2 Å². The molecule has 0 saturated heterocycles. The van der Waals surface area contributed by atoms with Crippen LogP contribution in [-0.4, -0.2) is 42.8 Å². The lowest BCUT2D eigenvalue weighted by Gasteiger charge is -2.26. The Balaban J connectivity index is 5.22. The number of halogens is 3. The van der Waals surface area contributed by atoms with Crippen LogP contribution in [0.5, 0.6) is 0 Å². The van der Waals surface area contributed by atoms with Gasteiger partial charge in [0.25, 0.3) is 0 Å². The van der Waals surface area contributed by atoms with E-state index < -0.39 is 54.3 Å². The van der Waals surface area contributed by atoms with E-state index in [1.54, 1.807) is 0 Å². The summed E-state index contributed by atoms with van der Waals surface area (Å²) in [6.45, 7) is 0. The highest BCUT2D eigenvalue weighted by molar-refractivity contribution is 5.70. The number of nitrogens with zero attached hydrogens (tertiary/aromatic N) is 1. The molecule has 0 aromatic carbocycles. The van der Waals surface area contributed by atoms with Crippen molar-refractivity contribution in [1.82, 2.24) is 0 Å². The number of carbonyl (C=O) groups excluding carboxylic acids is 2. The van der Waals surface area contributed by atoms with Crippen molar-refractivity contribution in [2.45, 2.75) is 37.4 Å². The first kappa shape index (κ1) is 18.1. The molecule has 0 aromatic heterocycles. The molecule has 0 bridgehead atoms. The summed E-state index contributed by atoms with van der Waals surface area (Å²) in [4.78, 5) is 31.1. The van der Waals surface area contributed by atoms with Gasteiger partial charge in [-0.15, -0.1) is 0 Å². The number of hydrogen-bond acceptors (Lipinski definition) is 6. The fraction of sp³-hybridized carbons (Fsp3) is 0.800. The highest BCUT2D eigenvalue weighted by Crippen LogP contribution is 2.40. The Hall–Kier alpha value is -1.87. The predicted molar refractivity (Wildman–Crippen MR) is 58.3 cm³/mol. The van der Waals surface area contributed by atoms with Crippen molar-refractivity contribution in [3.8, 4) is 0 Å². The first-order valence-corrected chi connectivity index (χ1v) is 5.45. The normalized spacial score (nSPS) is 11.8. The first-order valence-electron chi connectivity index (χ1n) is 5.45. The minimum absolute atomic E-state index is 0.780. The third-order valence-electron chi connectivity index (χ3n) is 2.82. The second kappa shape index (κ2) is 7.06. The molecule has 0 N–H and O–H groups in total.